The molecular weight excluding hydrogens is 436 g/mol. The molecule has 0 spiro atoms. The van der Waals surface area contributed by atoms with Crippen molar-refractivity contribution < 1.29 is 19.1 Å². The lowest BCUT2D eigenvalue weighted by Crippen LogP contribution is -2.48. The van der Waals surface area contributed by atoms with Crippen molar-refractivity contribution in [2.75, 3.05) is 56.3 Å². The molecule has 0 atom stereocenters. The minimum absolute atomic E-state index is 0.0972. The van der Waals surface area contributed by atoms with Gasteiger partial charge in [-0.2, -0.15) is 0 Å². The number of pyridine rings is 1. The fraction of sp³-hybridized carbons (Fsp3) is 0.381. The molecule has 3 rings (SSSR count). The van der Waals surface area contributed by atoms with E-state index in [0.29, 0.717) is 35.9 Å². The number of thioether (sulfide) groups is 1. The Morgan fingerprint density at radius 2 is 1.84 bits per heavy atom. The van der Waals surface area contributed by atoms with Crippen molar-refractivity contribution in [3.05, 3.63) is 41.6 Å². The number of rotatable bonds is 6. The Labute approximate surface area is 190 Å². The summed E-state index contributed by atoms with van der Waals surface area (Å²) >= 11 is 2.67. The first-order chi connectivity index (χ1) is 15.0. The van der Waals surface area contributed by atoms with Gasteiger partial charge in [0.25, 0.3) is 0 Å². The molecule has 2 heterocycles. The van der Waals surface area contributed by atoms with E-state index in [1.54, 1.807) is 24.8 Å². The highest BCUT2D eigenvalue weighted by Crippen LogP contribution is 2.30. The number of carbonyl (C=O) groups excluding carboxylic acids is 2. The van der Waals surface area contributed by atoms with Gasteiger partial charge in [0.1, 0.15) is 5.69 Å². The Bertz CT molecular complexity index is 949. The number of aryl methyl sites for hydroxylation is 1. The Morgan fingerprint density at radius 1 is 1.13 bits per heavy atom. The van der Waals surface area contributed by atoms with Crippen LogP contribution in [-0.4, -0.2) is 67.7 Å². The van der Waals surface area contributed by atoms with Gasteiger partial charge in [-0.05, 0) is 31.4 Å². The van der Waals surface area contributed by atoms with E-state index in [1.165, 1.54) is 24.8 Å². The molecule has 0 saturated carbocycles. The summed E-state index contributed by atoms with van der Waals surface area (Å²) in [5.41, 5.74) is 2.46. The zero-order chi connectivity index (χ0) is 22.4. The summed E-state index contributed by atoms with van der Waals surface area (Å²) in [6.45, 7) is 4.50. The second-order valence-corrected chi connectivity index (χ2v) is 8.39. The third kappa shape index (κ3) is 5.37. The third-order valence-corrected chi connectivity index (χ3v) is 6.53. The van der Waals surface area contributed by atoms with Crippen LogP contribution in [0.25, 0.3) is 0 Å². The van der Waals surface area contributed by atoms with E-state index in [1.807, 2.05) is 17.0 Å². The largest absolute Gasteiger partial charge is 0.479 e. The lowest BCUT2D eigenvalue weighted by Gasteiger charge is -2.36. The van der Waals surface area contributed by atoms with Crippen LogP contribution in [-0.2, 0) is 4.74 Å². The normalized spacial score (nSPS) is 13.7. The predicted molar refractivity (Wildman–Crippen MR) is 125 cm³/mol. The fourth-order valence-corrected chi connectivity index (χ4v) is 4.59. The Hall–Kier alpha value is -2.59. The van der Waals surface area contributed by atoms with E-state index in [4.69, 9.17) is 9.47 Å². The first kappa shape index (κ1) is 23.1. The smallest absolute Gasteiger partial charge is 0.339 e. The van der Waals surface area contributed by atoms with Crippen LogP contribution in [0, 0.1) is 6.92 Å². The monoisotopic (exact) mass is 462 g/mol. The topological polar surface area (TPSA) is 84.0 Å². The molecule has 10 heteroatoms. The van der Waals surface area contributed by atoms with Gasteiger partial charge >= 0.3 is 11.2 Å². The van der Waals surface area contributed by atoms with Crippen molar-refractivity contribution in [1.29, 1.82) is 0 Å². The summed E-state index contributed by atoms with van der Waals surface area (Å²) in [7, 11) is 2.80. The summed E-state index contributed by atoms with van der Waals surface area (Å²) in [5, 5.41) is -0.0972. The molecule has 1 saturated heterocycles. The molecule has 0 aliphatic carbocycles. The Balaban J connectivity index is 1.61. The quantitative estimate of drug-likeness (QED) is 0.390. The van der Waals surface area contributed by atoms with Gasteiger partial charge in [0, 0.05) is 43.0 Å². The molecule has 1 N–H and O–H groups in total. The molecule has 2 aromatic rings. The average Bonchev–Trinajstić information content (AvgIpc) is 2.82. The third-order valence-electron chi connectivity index (χ3n) is 4.99. The maximum Gasteiger partial charge on any atom is 0.339 e. The van der Waals surface area contributed by atoms with Crippen molar-refractivity contribution in [3.63, 3.8) is 0 Å². The zero-order valence-corrected chi connectivity index (χ0v) is 19.6. The number of anilines is 2. The average molecular weight is 463 g/mol. The molecule has 31 heavy (non-hydrogen) atoms. The number of aromatic nitrogens is 1. The molecule has 1 aliphatic heterocycles. The fourth-order valence-electron chi connectivity index (χ4n) is 3.31. The molecule has 166 valence electrons. The van der Waals surface area contributed by atoms with Gasteiger partial charge in [0.15, 0.2) is 0 Å². The number of hydrogen-bond acceptors (Lipinski definition) is 9. The van der Waals surface area contributed by atoms with Gasteiger partial charge in [-0.1, -0.05) is 12.1 Å². The summed E-state index contributed by atoms with van der Waals surface area (Å²) in [6.07, 6.45) is 2.07. The van der Waals surface area contributed by atoms with E-state index in [0.717, 1.165) is 25.0 Å². The van der Waals surface area contributed by atoms with E-state index >= 15 is 0 Å². The van der Waals surface area contributed by atoms with Crippen LogP contribution >= 0.6 is 23.7 Å². The van der Waals surface area contributed by atoms with Crippen molar-refractivity contribution in [1.82, 2.24) is 9.88 Å². The maximum atomic E-state index is 12.7. The lowest BCUT2D eigenvalue weighted by atomic mass is 10.2. The Kier molecular flexibility index (Phi) is 7.91. The van der Waals surface area contributed by atoms with Crippen LogP contribution in [0.5, 0.6) is 5.88 Å². The molecule has 1 aromatic heterocycles. The first-order valence-electron chi connectivity index (χ1n) is 9.72. The van der Waals surface area contributed by atoms with Crippen LogP contribution in [0.4, 0.5) is 16.2 Å². The van der Waals surface area contributed by atoms with Gasteiger partial charge in [0.2, 0.25) is 5.88 Å². The number of piperazine rings is 1. The minimum atomic E-state index is -0.492. The zero-order valence-electron chi connectivity index (χ0n) is 18.0. The van der Waals surface area contributed by atoms with Crippen LogP contribution in [0.1, 0.15) is 16.1 Å². The van der Waals surface area contributed by atoms with E-state index in [9.17, 15) is 9.59 Å². The molecule has 0 bridgehead atoms. The summed E-state index contributed by atoms with van der Waals surface area (Å²) in [6, 6.07) is 9.90. The van der Waals surface area contributed by atoms with Gasteiger partial charge in [-0.15, -0.1) is 11.8 Å². The van der Waals surface area contributed by atoms with E-state index < -0.39 is 5.97 Å². The van der Waals surface area contributed by atoms with Crippen LogP contribution in [0.3, 0.4) is 0 Å². The number of esters is 1. The molecule has 1 fully saturated rings. The SMILES string of the molecule is COC(=O)c1cc(NSC(=O)N2CCN(c3ccccc3SC)CC2)c(OC)nc1C. The van der Waals surface area contributed by atoms with Gasteiger partial charge in [-0.3, -0.25) is 4.79 Å². The number of para-hydroxylation sites is 1. The highest BCUT2D eigenvalue weighted by Gasteiger charge is 2.24. The number of ether oxygens (including phenoxy) is 2. The van der Waals surface area contributed by atoms with Crippen molar-refractivity contribution in [3.8, 4) is 5.88 Å². The van der Waals surface area contributed by atoms with Crippen LogP contribution in [0.15, 0.2) is 35.2 Å². The van der Waals surface area contributed by atoms with Gasteiger partial charge < -0.3 is 24.0 Å². The standard InChI is InChI=1S/C21H26N4O4S2/c1-14-15(20(26)29-3)13-16(19(22-14)28-2)23-31-21(27)25-11-9-24(10-12-25)17-7-5-6-8-18(17)30-4/h5-8,13,23H,9-12H2,1-4H3. The summed E-state index contributed by atoms with van der Waals surface area (Å²) < 4.78 is 13.1. The molecule has 1 amide bonds. The maximum absolute atomic E-state index is 12.7. The predicted octanol–water partition coefficient (Wildman–Crippen LogP) is 3.91. The van der Waals surface area contributed by atoms with Gasteiger partial charge in [0.05, 0.1) is 31.2 Å². The number of nitrogens with zero attached hydrogens (tertiary/aromatic N) is 3. The molecule has 1 aliphatic rings. The highest BCUT2D eigenvalue weighted by molar-refractivity contribution is 8.14. The minimum Gasteiger partial charge on any atom is -0.479 e. The van der Waals surface area contributed by atoms with Crippen molar-refractivity contribution in [2.24, 2.45) is 0 Å². The Morgan fingerprint density at radius 3 is 2.48 bits per heavy atom. The van der Waals surface area contributed by atoms with Crippen LogP contribution in [0.2, 0.25) is 0 Å². The van der Waals surface area contributed by atoms with E-state index in [-0.39, 0.29) is 5.24 Å². The van der Waals surface area contributed by atoms with Gasteiger partial charge in [-0.25, -0.2) is 9.78 Å². The number of hydrogen-bond donors (Lipinski definition) is 1. The van der Waals surface area contributed by atoms with Crippen LogP contribution < -0.4 is 14.4 Å². The van der Waals surface area contributed by atoms with E-state index in [2.05, 4.69) is 33.0 Å². The number of nitrogens with one attached hydrogen (secondary N) is 1. The highest BCUT2D eigenvalue weighted by atomic mass is 32.2. The number of benzene rings is 1. The lowest BCUT2D eigenvalue weighted by molar-refractivity contribution is 0.0599. The molecular formula is C21H26N4O4S2. The molecule has 1 aromatic carbocycles. The summed E-state index contributed by atoms with van der Waals surface area (Å²) in [4.78, 5) is 34.3. The van der Waals surface area contributed by atoms with Crippen molar-refractivity contribution in [2.45, 2.75) is 11.8 Å². The molecule has 0 radical (unpaired) electrons. The molecule has 0 unspecified atom stereocenters. The summed E-state index contributed by atoms with van der Waals surface area (Å²) in [5.74, 6) is -0.183. The molecule has 8 nitrogen and oxygen atoms in total. The van der Waals surface area contributed by atoms with Crippen molar-refractivity contribution >= 4 is 46.3 Å². The number of amides is 1. The second kappa shape index (κ2) is 10.6. The number of carbonyl (C=O) groups is 2. The first-order valence-corrected chi connectivity index (χ1v) is 11.8. The second-order valence-electron chi connectivity index (χ2n) is 6.79. The number of methoxy groups -OCH3 is 2.